The summed E-state index contributed by atoms with van der Waals surface area (Å²) in [5, 5.41) is 2.85. The standard InChI is InChI=1S/C17H17N3O/c1-12-8-9-15(14(11-12)6-4-10-18)20-17(21)16-7-3-5-13(2)19-16/h3,5,7-9,11H,10,18H2,1-2H3,(H,20,21). The van der Waals surface area contributed by atoms with E-state index in [0.29, 0.717) is 11.4 Å². The molecule has 0 aliphatic rings. The molecule has 4 heteroatoms. The molecule has 0 saturated carbocycles. The van der Waals surface area contributed by atoms with Crippen molar-refractivity contribution in [3.8, 4) is 11.8 Å². The first kappa shape index (κ1) is 14.8. The topological polar surface area (TPSA) is 68.0 Å². The van der Waals surface area contributed by atoms with Crippen LogP contribution in [0.5, 0.6) is 0 Å². The van der Waals surface area contributed by atoms with Gasteiger partial charge in [-0.05, 0) is 43.7 Å². The van der Waals surface area contributed by atoms with Gasteiger partial charge in [0.05, 0.1) is 12.2 Å². The number of nitrogens with one attached hydrogen (secondary N) is 1. The third-order valence-corrected chi connectivity index (χ3v) is 2.87. The lowest BCUT2D eigenvalue weighted by molar-refractivity contribution is 0.102. The highest BCUT2D eigenvalue weighted by molar-refractivity contribution is 6.03. The van der Waals surface area contributed by atoms with Crippen LogP contribution in [-0.2, 0) is 0 Å². The van der Waals surface area contributed by atoms with Gasteiger partial charge in [0, 0.05) is 11.3 Å². The number of hydrogen-bond donors (Lipinski definition) is 2. The Hall–Kier alpha value is -2.64. The Kier molecular flexibility index (Phi) is 4.70. The molecule has 2 rings (SSSR count). The van der Waals surface area contributed by atoms with E-state index in [-0.39, 0.29) is 12.5 Å². The maximum Gasteiger partial charge on any atom is 0.274 e. The van der Waals surface area contributed by atoms with E-state index in [1.807, 2.05) is 44.2 Å². The van der Waals surface area contributed by atoms with Crippen LogP contribution in [0.3, 0.4) is 0 Å². The molecule has 1 amide bonds. The molecule has 1 aromatic heterocycles. The summed E-state index contributed by atoms with van der Waals surface area (Å²) in [6, 6.07) is 11.0. The first-order chi connectivity index (χ1) is 10.1. The number of carbonyl (C=O) groups is 1. The maximum absolute atomic E-state index is 12.2. The molecular formula is C17H17N3O. The van der Waals surface area contributed by atoms with Gasteiger partial charge in [-0.1, -0.05) is 24.0 Å². The normalized spacial score (nSPS) is 9.67. The van der Waals surface area contributed by atoms with E-state index in [4.69, 9.17) is 5.73 Å². The molecule has 2 aromatic rings. The highest BCUT2D eigenvalue weighted by atomic mass is 16.1. The van der Waals surface area contributed by atoms with Gasteiger partial charge < -0.3 is 11.1 Å². The SMILES string of the molecule is Cc1ccc(NC(=O)c2cccc(C)n2)c(C#CCN)c1. The number of anilines is 1. The zero-order valence-electron chi connectivity index (χ0n) is 12.1. The fourth-order valence-electron chi connectivity index (χ4n) is 1.87. The molecule has 106 valence electrons. The Labute approximate surface area is 124 Å². The van der Waals surface area contributed by atoms with E-state index in [9.17, 15) is 4.79 Å². The molecule has 0 radical (unpaired) electrons. The molecular weight excluding hydrogens is 262 g/mol. The summed E-state index contributed by atoms with van der Waals surface area (Å²) in [7, 11) is 0. The Morgan fingerprint density at radius 2 is 2.10 bits per heavy atom. The van der Waals surface area contributed by atoms with Gasteiger partial charge in [0.15, 0.2) is 0 Å². The lowest BCUT2D eigenvalue weighted by Crippen LogP contribution is -2.15. The second kappa shape index (κ2) is 6.69. The number of hydrogen-bond acceptors (Lipinski definition) is 3. The Balaban J connectivity index is 2.29. The van der Waals surface area contributed by atoms with Crippen molar-refractivity contribution in [1.82, 2.24) is 4.98 Å². The molecule has 1 heterocycles. The number of nitrogens with zero attached hydrogens (tertiary/aromatic N) is 1. The number of rotatable bonds is 2. The summed E-state index contributed by atoms with van der Waals surface area (Å²) in [5.41, 5.74) is 9.07. The second-order valence-corrected chi connectivity index (χ2v) is 4.67. The molecule has 21 heavy (non-hydrogen) atoms. The van der Waals surface area contributed by atoms with Crippen molar-refractivity contribution in [3.05, 3.63) is 58.9 Å². The lowest BCUT2D eigenvalue weighted by Gasteiger charge is -2.08. The average Bonchev–Trinajstić information content (AvgIpc) is 2.47. The van der Waals surface area contributed by atoms with Gasteiger partial charge in [0.25, 0.3) is 5.91 Å². The minimum Gasteiger partial charge on any atom is -0.320 e. The van der Waals surface area contributed by atoms with E-state index < -0.39 is 0 Å². The second-order valence-electron chi connectivity index (χ2n) is 4.67. The number of aryl methyl sites for hydroxylation is 2. The summed E-state index contributed by atoms with van der Waals surface area (Å²) in [4.78, 5) is 16.4. The molecule has 3 N–H and O–H groups in total. The third kappa shape index (κ3) is 3.91. The van der Waals surface area contributed by atoms with Crippen molar-refractivity contribution in [1.29, 1.82) is 0 Å². The molecule has 0 aliphatic carbocycles. The summed E-state index contributed by atoms with van der Waals surface area (Å²) in [5.74, 6) is 5.53. The van der Waals surface area contributed by atoms with Crippen LogP contribution < -0.4 is 11.1 Å². The van der Waals surface area contributed by atoms with Crippen molar-refractivity contribution >= 4 is 11.6 Å². The van der Waals surface area contributed by atoms with Gasteiger partial charge in [0.1, 0.15) is 5.69 Å². The molecule has 1 aromatic carbocycles. The van der Waals surface area contributed by atoms with Gasteiger partial charge in [-0.15, -0.1) is 0 Å². The molecule has 0 aliphatic heterocycles. The molecule has 0 unspecified atom stereocenters. The molecule has 0 atom stereocenters. The number of pyridine rings is 1. The van der Waals surface area contributed by atoms with Crippen LogP contribution in [0.25, 0.3) is 0 Å². The minimum atomic E-state index is -0.252. The monoisotopic (exact) mass is 279 g/mol. The van der Waals surface area contributed by atoms with Crippen LogP contribution >= 0.6 is 0 Å². The first-order valence-electron chi connectivity index (χ1n) is 6.65. The van der Waals surface area contributed by atoms with Gasteiger partial charge in [-0.25, -0.2) is 4.98 Å². The Morgan fingerprint density at radius 1 is 1.29 bits per heavy atom. The smallest absolute Gasteiger partial charge is 0.274 e. The quantitative estimate of drug-likeness (QED) is 0.829. The van der Waals surface area contributed by atoms with Crippen LogP contribution in [0.15, 0.2) is 36.4 Å². The van der Waals surface area contributed by atoms with Gasteiger partial charge in [0.2, 0.25) is 0 Å². The van der Waals surface area contributed by atoms with Crippen LogP contribution in [0.1, 0.15) is 27.3 Å². The van der Waals surface area contributed by atoms with Crippen LogP contribution in [-0.4, -0.2) is 17.4 Å². The summed E-state index contributed by atoms with van der Waals surface area (Å²) in [6.07, 6.45) is 0. The zero-order valence-corrected chi connectivity index (χ0v) is 12.1. The fourth-order valence-corrected chi connectivity index (χ4v) is 1.87. The van der Waals surface area contributed by atoms with Crippen molar-refractivity contribution in [2.75, 3.05) is 11.9 Å². The van der Waals surface area contributed by atoms with E-state index in [0.717, 1.165) is 16.8 Å². The van der Waals surface area contributed by atoms with Crippen molar-refractivity contribution < 1.29 is 4.79 Å². The maximum atomic E-state index is 12.2. The molecule has 0 saturated heterocycles. The molecule has 4 nitrogen and oxygen atoms in total. The molecule has 0 bridgehead atoms. The predicted molar refractivity (Wildman–Crippen MR) is 84.0 cm³/mol. The number of amides is 1. The summed E-state index contributed by atoms with van der Waals surface area (Å²) < 4.78 is 0. The predicted octanol–water partition coefficient (Wildman–Crippen LogP) is 2.26. The van der Waals surface area contributed by atoms with Crippen molar-refractivity contribution in [2.45, 2.75) is 13.8 Å². The van der Waals surface area contributed by atoms with Crippen LogP contribution in [0.2, 0.25) is 0 Å². The van der Waals surface area contributed by atoms with E-state index >= 15 is 0 Å². The van der Waals surface area contributed by atoms with Gasteiger partial charge in [-0.3, -0.25) is 4.79 Å². The first-order valence-corrected chi connectivity index (χ1v) is 6.65. The molecule has 0 spiro atoms. The highest BCUT2D eigenvalue weighted by Crippen LogP contribution is 2.17. The number of nitrogens with two attached hydrogens (primary N) is 1. The summed E-state index contributed by atoms with van der Waals surface area (Å²) in [6.45, 7) is 4.10. The minimum absolute atomic E-state index is 0.252. The van der Waals surface area contributed by atoms with Crippen LogP contribution in [0, 0.1) is 25.7 Å². The zero-order chi connectivity index (χ0) is 15.2. The van der Waals surface area contributed by atoms with E-state index in [1.165, 1.54) is 0 Å². The Bertz CT molecular complexity index is 726. The Morgan fingerprint density at radius 3 is 2.81 bits per heavy atom. The van der Waals surface area contributed by atoms with Gasteiger partial charge >= 0.3 is 0 Å². The third-order valence-electron chi connectivity index (χ3n) is 2.87. The average molecular weight is 279 g/mol. The van der Waals surface area contributed by atoms with Crippen molar-refractivity contribution in [3.63, 3.8) is 0 Å². The fraction of sp³-hybridized carbons (Fsp3) is 0.176. The van der Waals surface area contributed by atoms with E-state index in [2.05, 4.69) is 22.1 Å². The van der Waals surface area contributed by atoms with Gasteiger partial charge in [-0.2, -0.15) is 0 Å². The number of benzene rings is 1. The lowest BCUT2D eigenvalue weighted by atomic mass is 10.1. The van der Waals surface area contributed by atoms with Crippen molar-refractivity contribution in [2.24, 2.45) is 5.73 Å². The number of aromatic nitrogens is 1. The molecule has 0 fully saturated rings. The van der Waals surface area contributed by atoms with Crippen LogP contribution in [0.4, 0.5) is 5.69 Å². The van der Waals surface area contributed by atoms with E-state index in [1.54, 1.807) is 6.07 Å². The summed E-state index contributed by atoms with van der Waals surface area (Å²) >= 11 is 0. The highest BCUT2D eigenvalue weighted by Gasteiger charge is 2.10. The largest absolute Gasteiger partial charge is 0.320 e. The number of carbonyl (C=O) groups excluding carboxylic acids is 1.